The molecule has 23 heavy (non-hydrogen) atoms. The van der Waals surface area contributed by atoms with Crippen molar-refractivity contribution in [1.29, 1.82) is 0 Å². The fourth-order valence-electron chi connectivity index (χ4n) is 2.39. The molecule has 0 amide bonds. The summed E-state index contributed by atoms with van der Waals surface area (Å²) in [4.78, 5) is 32.6. The second-order valence-electron chi connectivity index (χ2n) is 4.87. The molecule has 7 heteroatoms. The van der Waals surface area contributed by atoms with Crippen molar-refractivity contribution in [2.75, 3.05) is 0 Å². The standard InChI is InChI=1S/C16H15O.Li.H3O4P/c1-11-9-12(2)16(13(3)15(11)10-17)14-7-5-4-6-8-14;;1-5(2,3)4/h4-9H,1-3H3;;(H3,1,2,3,4)/q-1;+1;. The van der Waals surface area contributed by atoms with Gasteiger partial charge in [-0.2, -0.15) is 0 Å². The van der Waals surface area contributed by atoms with Crippen LogP contribution in [0.3, 0.4) is 0 Å². The summed E-state index contributed by atoms with van der Waals surface area (Å²) in [5, 5.41) is 0. The van der Waals surface area contributed by atoms with Gasteiger partial charge in [0.2, 0.25) is 0 Å². The van der Waals surface area contributed by atoms with Gasteiger partial charge >= 0.3 is 26.7 Å². The first-order valence-corrected chi connectivity index (χ1v) is 8.04. The van der Waals surface area contributed by atoms with E-state index in [1.165, 1.54) is 5.56 Å². The molecule has 0 aliphatic heterocycles. The number of rotatable bonds is 2. The summed E-state index contributed by atoms with van der Waals surface area (Å²) < 4.78 is 8.88. The van der Waals surface area contributed by atoms with Crippen molar-refractivity contribution in [2.45, 2.75) is 20.8 Å². The summed E-state index contributed by atoms with van der Waals surface area (Å²) in [7, 11) is -4.64. The average Bonchev–Trinajstić information content (AvgIpc) is 2.38. The fraction of sp³-hybridized carbons (Fsp3) is 0.188. The average molecular weight is 328 g/mol. The van der Waals surface area contributed by atoms with E-state index in [1.807, 2.05) is 32.0 Å². The smallest absolute Gasteiger partial charge is 0.376 e. The van der Waals surface area contributed by atoms with Gasteiger partial charge in [-0.1, -0.05) is 55.3 Å². The van der Waals surface area contributed by atoms with Gasteiger partial charge in [0.15, 0.2) is 0 Å². The van der Waals surface area contributed by atoms with Crippen molar-refractivity contribution in [1.82, 2.24) is 0 Å². The Morgan fingerprint density at radius 3 is 1.87 bits per heavy atom. The first kappa shape index (κ1) is 21.8. The van der Waals surface area contributed by atoms with Crippen LogP contribution in [0.5, 0.6) is 0 Å². The fourth-order valence-corrected chi connectivity index (χ4v) is 2.39. The summed E-state index contributed by atoms with van der Waals surface area (Å²) in [5.74, 6) is 0. The van der Waals surface area contributed by atoms with Gasteiger partial charge in [-0.05, 0) is 12.5 Å². The Kier molecular flexibility index (Phi) is 8.72. The van der Waals surface area contributed by atoms with Crippen LogP contribution in [0.15, 0.2) is 36.4 Å². The summed E-state index contributed by atoms with van der Waals surface area (Å²) in [6, 6.07) is 12.2. The maximum Gasteiger partial charge on any atom is 1.00 e. The van der Waals surface area contributed by atoms with Gasteiger partial charge in [0, 0.05) is 0 Å². The second-order valence-corrected chi connectivity index (χ2v) is 5.89. The molecule has 0 radical (unpaired) electrons. The summed E-state index contributed by atoms with van der Waals surface area (Å²) in [6.45, 7) is 6.02. The van der Waals surface area contributed by atoms with E-state index in [-0.39, 0.29) is 18.9 Å². The molecule has 0 unspecified atom stereocenters. The first-order valence-electron chi connectivity index (χ1n) is 6.47. The molecule has 3 N–H and O–H groups in total. The largest absolute Gasteiger partial charge is 1.00 e. The van der Waals surface area contributed by atoms with Gasteiger partial charge in [0.25, 0.3) is 0 Å². The molecule has 2 rings (SSSR count). The third kappa shape index (κ3) is 6.84. The SMILES string of the molecule is Cc1cc(C)c(-c2ccccc2)c(C)c1[C-]=O.O=P(O)(O)O.[Li+]. The van der Waals surface area contributed by atoms with Crippen LogP contribution in [0.4, 0.5) is 0 Å². The predicted molar refractivity (Wildman–Crippen MR) is 85.1 cm³/mol. The third-order valence-electron chi connectivity index (χ3n) is 3.14. The molecule has 0 saturated carbocycles. The third-order valence-corrected chi connectivity index (χ3v) is 3.14. The summed E-state index contributed by atoms with van der Waals surface area (Å²) >= 11 is 0. The molecule has 0 atom stereocenters. The van der Waals surface area contributed by atoms with Gasteiger partial charge in [-0.15, -0.1) is 22.8 Å². The van der Waals surface area contributed by atoms with E-state index < -0.39 is 7.82 Å². The van der Waals surface area contributed by atoms with Gasteiger partial charge in [-0.25, -0.2) is 4.57 Å². The zero-order chi connectivity index (χ0) is 16.9. The van der Waals surface area contributed by atoms with Crippen LogP contribution >= 0.6 is 7.82 Å². The van der Waals surface area contributed by atoms with E-state index in [1.54, 1.807) is 0 Å². The molecule has 0 bridgehead atoms. The Morgan fingerprint density at radius 2 is 1.43 bits per heavy atom. The quantitative estimate of drug-likeness (QED) is 0.404. The summed E-state index contributed by atoms with van der Waals surface area (Å²) in [5.41, 5.74) is 6.20. The van der Waals surface area contributed by atoms with E-state index in [4.69, 9.17) is 19.2 Å². The van der Waals surface area contributed by atoms with Crippen LogP contribution < -0.4 is 18.9 Å². The van der Waals surface area contributed by atoms with E-state index in [0.29, 0.717) is 5.56 Å². The maximum atomic E-state index is 11.0. The zero-order valence-electron chi connectivity index (χ0n) is 13.6. The maximum absolute atomic E-state index is 11.0. The molecule has 0 fully saturated rings. The molecule has 0 saturated heterocycles. The Morgan fingerprint density at radius 1 is 0.957 bits per heavy atom. The summed E-state index contributed by atoms with van der Waals surface area (Å²) in [6.07, 6.45) is 2.05. The molecule has 0 aromatic heterocycles. The van der Waals surface area contributed by atoms with Crippen molar-refractivity contribution in [3.8, 4) is 11.1 Å². The Labute approximate surface area is 147 Å². The molecule has 5 nitrogen and oxygen atoms in total. The molecule has 0 aliphatic carbocycles. The molecule has 0 heterocycles. The molecule has 2 aromatic rings. The predicted octanol–water partition coefficient (Wildman–Crippen LogP) is -0.188. The molecule has 0 spiro atoms. The number of phosphoric acid groups is 1. The van der Waals surface area contributed by atoms with Crippen LogP contribution in [0.25, 0.3) is 11.1 Å². The van der Waals surface area contributed by atoms with E-state index in [9.17, 15) is 4.79 Å². The Hall–Kier alpha value is -1.18. The van der Waals surface area contributed by atoms with Crippen LogP contribution in [-0.2, 0) is 9.36 Å². The topological polar surface area (TPSA) is 94.8 Å². The van der Waals surface area contributed by atoms with Crippen LogP contribution in [0.2, 0.25) is 0 Å². The number of benzene rings is 2. The molecule has 0 aliphatic rings. The van der Waals surface area contributed by atoms with Gasteiger partial charge < -0.3 is 19.5 Å². The number of carbonyl (C=O) groups excluding carboxylic acids is 1. The minimum absolute atomic E-state index is 0. The van der Waals surface area contributed by atoms with Crippen molar-refractivity contribution in [3.63, 3.8) is 0 Å². The Bertz CT molecular complexity index is 702. The van der Waals surface area contributed by atoms with Gasteiger partial charge in [-0.3, -0.25) is 0 Å². The first-order chi connectivity index (χ1) is 10.1. The van der Waals surface area contributed by atoms with Crippen molar-refractivity contribution in [3.05, 3.63) is 58.7 Å². The normalized spacial score (nSPS) is 10.2. The van der Waals surface area contributed by atoms with Crippen LogP contribution in [-0.4, -0.2) is 21.0 Å². The monoisotopic (exact) mass is 328 g/mol. The minimum atomic E-state index is -4.64. The molecule has 2 aromatic carbocycles. The van der Waals surface area contributed by atoms with Crippen molar-refractivity contribution in [2.24, 2.45) is 0 Å². The molecular weight excluding hydrogens is 310 g/mol. The zero-order valence-corrected chi connectivity index (χ0v) is 14.5. The van der Waals surface area contributed by atoms with Gasteiger partial charge in [0.1, 0.15) is 0 Å². The van der Waals surface area contributed by atoms with Gasteiger partial charge in [0.05, 0.1) is 6.29 Å². The molecular formula is C16H18LiO5P. The van der Waals surface area contributed by atoms with Crippen LogP contribution in [0, 0.1) is 20.8 Å². The minimum Gasteiger partial charge on any atom is -0.376 e. The number of hydrogen-bond donors (Lipinski definition) is 3. The Balaban J connectivity index is 0.000000709. The second kappa shape index (κ2) is 9.20. The van der Waals surface area contributed by atoms with E-state index >= 15 is 0 Å². The molecule has 118 valence electrons. The number of hydrogen-bond acceptors (Lipinski definition) is 2. The van der Waals surface area contributed by atoms with Crippen molar-refractivity contribution >= 4 is 14.1 Å². The van der Waals surface area contributed by atoms with Crippen molar-refractivity contribution < 1.29 is 42.9 Å². The van der Waals surface area contributed by atoms with E-state index in [2.05, 4.69) is 31.4 Å². The van der Waals surface area contributed by atoms with E-state index in [0.717, 1.165) is 22.3 Å². The van der Waals surface area contributed by atoms with Crippen LogP contribution in [0.1, 0.15) is 22.3 Å². The number of aryl methyl sites for hydroxylation is 2.